The Morgan fingerprint density at radius 2 is 1.70 bits per heavy atom. The van der Waals surface area contributed by atoms with Crippen LogP contribution in [0.5, 0.6) is 0 Å². The number of para-hydroxylation sites is 1. The summed E-state index contributed by atoms with van der Waals surface area (Å²) >= 11 is 0. The minimum absolute atomic E-state index is 0.0970. The quantitative estimate of drug-likeness (QED) is 0.564. The fourth-order valence-electron chi connectivity index (χ4n) is 2.35. The molecule has 2 aromatic carbocycles. The summed E-state index contributed by atoms with van der Waals surface area (Å²) in [6.45, 7) is 2.07. The van der Waals surface area contributed by atoms with Crippen molar-refractivity contribution in [3.8, 4) is 0 Å². The summed E-state index contributed by atoms with van der Waals surface area (Å²) in [7, 11) is 0. The van der Waals surface area contributed by atoms with Crippen molar-refractivity contribution in [3.63, 3.8) is 0 Å². The molecule has 100 valence electrons. The lowest BCUT2D eigenvalue weighted by Gasteiger charge is -2.16. The fraction of sp³-hybridized carbons (Fsp3) is 0.118. The Balaban J connectivity index is 2.04. The second-order valence-corrected chi connectivity index (χ2v) is 4.94. The number of nitrogens with one attached hydrogen (secondary N) is 1. The lowest BCUT2D eigenvalue weighted by Crippen LogP contribution is -2.29. The molecule has 1 aromatic heterocycles. The van der Waals surface area contributed by atoms with Crippen LogP contribution < -0.4 is 11.3 Å². The highest BCUT2D eigenvalue weighted by Crippen LogP contribution is 2.22. The topological polar surface area (TPSA) is 50.9 Å². The Labute approximate surface area is 118 Å². The molecule has 0 saturated carbocycles. The van der Waals surface area contributed by atoms with Crippen molar-refractivity contribution >= 4 is 10.9 Å². The molecule has 3 heteroatoms. The second kappa shape index (κ2) is 5.41. The van der Waals surface area contributed by atoms with E-state index in [0.29, 0.717) is 0 Å². The van der Waals surface area contributed by atoms with Crippen LogP contribution in [0.3, 0.4) is 0 Å². The van der Waals surface area contributed by atoms with Gasteiger partial charge in [-0.3, -0.25) is 10.8 Å². The Morgan fingerprint density at radius 1 is 0.950 bits per heavy atom. The van der Waals surface area contributed by atoms with Crippen molar-refractivity contribution in [3.05, 3.63) is 77.5 Å². The zero-order valence-electron chi connectivity index (χ0n) is 11.4. The van der Waals surface area contributed by atoms with Crippen LogP contribution in [0.15, 0.2) is 60.7 Å². The van der Waals surface area contributed by atoms with Gasteiger partial charge in [-0.15, -0.1) is 0 Å². The van der Waals surface area contributed by atoms with Gasteiger partial charge in [0.1, 0.15) is 0 Å². The highest BCUT2D eigenvalue weighted by molar-refractivity contribution is 5.78. The van der Waals surface area contributed by atoms with E-state index in [1.807, 2.05) is 24.3 Å². The van der Waals surface area contributed by atoms with Crippen LogP contribution in [0.2, 0.25) is 0 Å². The average Bonchev–Trinajstić information content (AvgIpc) is 2.50. The van der Waals surface area contributed by atoms with Crippen molar-refractivity contribution in [1.82, 2.24) is 10.4 Å². The summed E-state index contributed by atoms with van der Waals surface area (Å²) in [4.78, 5) is 4.70. The maximum Gasteiger partial charge on any atom is 0.0881 e. The van der Waals surface area contributed by atoms with Gasteiger partial charge in [0.2, 0.25) is 0 Å². The maximum absolute atomic E-state index is 5.73. The van der Waals surface area contributed by atoms with E-state index in [9.17, 15) is 0 Å². The van der Waals surface area contributed by atoms with Gasteiger partial charge in [0.25, 0.3) is 0 Å². The first-order valence-electron chi connectivity index (χ1n) is 6.66. The van der Waals surface area contributed by atoms with Crippen molar-refractivity contribution in [2.75, 3.05) is 0 Å². The van der Waals surface area contributed by atoms with Gasteiger partial charge in [-0.25, -0.2) is 5.43 Å². The van der Waals surface area contributed by atoms with E-state index in [2.05, 4.69) is 48.7 Å². The minimum atomic E-state index is -0.0970. The predicted octanol–water partition coefficient (Wildman–Crippen LogP) is 3.10. The van der Waals surface area contributed by atoms with E-state index < -0.39 is 0 Å². The molecule has 20 heavy (non-hydrogen) atoms. The van der Waals surface area contributed by atoms with Gasteiger partial charge in [-0.05, 0) is 24.6 Å². The van der Waals surface area contributed by atoms with Gasteiger partial charge in [-0.2, -0.15) is 0 Å². The Hall–Kier alpha value is -2.23. The van der Waals surface area contributed by atoms with E-state index in [1.54, 1.807) is 0 Å². The first-order valence-corrected chi connectivity index (χ1v) is 6.66. The number of fused-ring (bicyclic) bond motifs is 1. The van der Waals surface area contributed by atoms with Crippen LogP contribution in [0.1, 0.15) is 22.9 Å². The summed E-state index contributed by atoms with van der Waals surface area (Å²) in [5.41, 5.74) is 7.11. The number of rotatable bonds is 3. The van der Waals surface area contributed by atoms with Gasteiger partial charge in [0.15, 0.2) is 0 Å². The Morgan fingerprint density at radius 3 is 2.45 bits per heavy atom. The molecule has 1 unspecified atom stereocenters. The lowest BCUT2D eigenvalue weighted by molar-refractivity contribution is 0.623. The van der Waals surface area contributed by atoms with Crippen LogP contribution >= 0.6 is 0 Å². The summed E-state index contributed by atoms with van der Waals surface area (Å²) in [6, 6.07) is 20.4. The van der Waals surface area contributed by atoms with E-state index in [1.165, 1.54) is 5.56 Å². The highest BCUT2D eigenvalue weighted by atomic mass is 15.2. The predicted molar refractivity (Wildman–Crippen MR) is 82.1 cm³/mol. The van der Waals surface area contributed by atoms with Crippen molar-refractivity contribution in [2.45, 2.75) is 13.0 Å². The van der Waals surface area contributed by atoms with Gasteiger partial charge in [-0.1, -0.05) is 54.1 Å². The molecule has 0 aliphatic rings. The van der Waals surface area contributed by atoms with E-state index in [-0.39, 0.29) is 6.04 Å². The number of hydrogen-bond donors (Lipinski definition) is 2. The summed E-state index contributed by atoms with van der Waals surface area (Å²) in [6.07, 6.45) is 0. The highest BCUT2D eigenvalue weighted by Gasteiger charge is 2.13. The Kier molecular flexibility index (Phi) is 3.46. The summed E-state index contributed by atoms with van der Waals surface area (Å²) in [5.74, 6) is 5.73. The first-order chi connectivity index (χ1) is 9.78. The number of pyridine rings is 1. The van der Waals surface area contributed by atoms with Crippen LogP contribution in [-0.4, -0.2) is 4.98 Å². The molecule has 0 bridgehead atoms. The SMILES string of the molecule is Cc1ccc(C(NN)c2ccc3ccccc3n2)cc1. The largest absolute Gasteiger partial charge is 0.271 e. The molecule has 3 aromatic rings. The number of aromatic nitrogens is 1. The molecule has 3 rings (SSSR count). The zero-order chi connectivity index (χ0) is 13.9. The van der Waals surface area contributed by atoms with Crippen molar-refractivity contribution < 1.29 is 0 Å². The second-order valence-electron chi connectivity index (χ2n) is 4.94. The number of nitrogens with zero attached hydrogens (tertiary/aromatic N) is 1. The van der Waals surface area contributed by atoms with E-state index in [4.69, 9.17) is 10.8 Å². The minimum Gasteiger partial charge on any atom is -0.271 e. The monoisotopic (exact) mass is 263 g/mol. The average molecular weight is 263 g/mol. The molecule has 0 spiro atoms. The smallest absolute Gasteiger partial charge is 0.0881 e. The zero-order valence-corrected chi connectivity index (χ0v) is 11.4. The van der Waals surface area contributed by atoms with Crippen molar-refractivity contribution in [1.29, 1.82) is 0 Å². The molecule has 3 nitrogen and oxygen atoms in total. The molecule has 3 N–H and O–H groups in total. The molecule has 1 heterocycles. The molecule has 0 fully saturated rings. The number of hydrogen-bond acceptors (Lipinski definition) is 3. The van der Waals surface area contributed by atoms with E-state index >= 15 is 0 Å². The van der Waals surface area contributed by atoms with Gasteiger partial charge in [0, 0.05) is 5.39 Å². The summed E-state index contributed by atoms with van der Waals surface area (Å²) < 4.78 is 0. The van der Waals surface area contributed by atoms with Crippen LogP contribution in [-0.2, 0) is 0 Å². The third-order valence-electron chi connectivity index (χ3n) is 3.49. The number of aryl methyl sites for hydroxylation is 1. The van der Waals surface area contributed by atoms with Gasteiger partial charge < -0.3 is 0 Å². The molecule has 0 saturated heterocycles. The lowest BCUT2D eigenvalue weighted by atomic mass is 10.0. The maximum atomic E-state index is 5.73. The molecular formula is C17H17N3. The normalized spacial score (nSPS) is 12.5. The molecule has 0 aliphatic carbocycles. The van der Waals surface area contributed by atoms with Crippen molar-refractivity contribution in [2.24, 2.45) is 5.84 Å². The van der Waals surface area contributed by atoms with Crippen LogP contribution in [0.25, 0.3) is 10.9 Å². The van der Waals surface area contributed by atoms with Crippen LogP contribution in [0, 0.1) is 6.92 Å². The third kappa shape index (κ3) is 2.41. The third-order valence-corrected chi connectivity index (χ3v) is 3.49. The molecule has 1 atom stereocenters. The summed E-state index contributed by atoms with van der Waals surface area (Å²) in [5, 5.41) is 1.14. The standard InChI is InChI=1S/C17H17N3/c1-12-6-8-14(9-7-12)17(20-18)16-11-10-13-4-2-3-5-15(13)19-16/h2-11,17,20H,18H2,1H3. The Bertz CT molecular complexity index is 720. The van der Waals surface area contributed by atoms with Gasteiger partial charge >= 0.3 is 0 Å². The molecule has 0 aliphatic heterocycles. The number of benzene rings is 2. The number of nitrogens with two attached hydrogens (primary N) is 1. The molecular weight excluding hydrogens is 246 g/mol. The fourth-order valence-corrected chi connectivity index (χ4v) is 2.35. The molecule has 0 radical (unpaired) electrons. The van der Waals surface area contributed by atoms with Gasteiger partial charge in [0.05, 0.1) is 17.3 Å². The first kappa shape index (κ1) is 12.8. The van der Waals surface area contributed by atoms with E-state index in [0.717, 1.165) is 22.2 Å². The molecule has 0 amide bonds. The van der Waals surface area contributed by atoms with Crippen LogP contribution in [0.4, 0.5) is 0 Å². The number of hydrazine groups is 1.